The van der Waals surface area contributed by atoms with E-state index in [-0.39, 0.29) is 24.0 Å². The van der Waals surface area contributed by atoms with Gasteiger partial charge in [0.05, 0.1) is 17.7 Å². The van der Waals surface area contributed by atoms with Crippen LogP contribution in [0.15, 0.2) is 65.6 Å². The fourth-order valence-corrected chi connectivity index (χ4v) is 3.34. The van der Waals surface area contributed by atoms with E-state index in [1.54, 1.807) is 42.6 Å². The van der Waals surface area contributed by atoms with Crippen molar-refractivity contribution in [3.05, 3.63) is 82.5 Å². The lowest BCUT2D eigenvalue weighted by Gasteiger charge is -2.07. The van der Waals surface area contributed by atoms with Gasteiger partial charge in [-0.15, -0.1) is 0 Å². The van der Waals surface area contributed by atoms with Crippen molar-refractivity contribution in [2.45, 2.75) is 6.42 Å². The fourth-order valence-electron chi connectivity index (χ4n) is 2.87. The molecule has 0 aliphatic heterocycles. The van der Waals surface area contributed by atoms with Crippen molar-refractivity contribution in [2.24, 2.45) is 0 Å². The number of amides is 1. The van der Waals surface area contributed by atoms with Gasteiger partial charge in [0.15, 0.2) is 0 Å². The quantitative estimate of drug-likeness (QED) is 0.445. The third-order valence-electron chi connectivity index (χ3n) is 4.27. The zero-order valence-corrected chi connectivity index (χ0v) is 16.8. The number of nitrogens with zero attached hydrogens (tertiary/aromatic N) is 3. The summed E-state index contributed by atoms with van der Waals surface area (Å²) in [5.74, 6) is -0.626. The predicted octanol–water partition coefficient (Wildman–Crippen LogP) is 5.43. The Hall–Kier alpha value is -3.29. The molecule has 4 aromatic rings. The maximum absolute atomic E-state index is 13.3. The molecule has 1 amide bonds. The van der Waals surface area contributed by atoms with E-state index in [9.17, 15) is 9.18 Å². The Morgan fingerprint density at radius 3 is 2.60 bits per heavy atom. The van der Waals surface area contributed by atoms with E-state index in [1.807, 2.05) is 0 Å². The van der Waals surface area contributed by atoms with Crippen LogP contribution in [0.4, 0.5) is 10.3 Å². The first-order chi connectivity index (χ1) is 14.5. The van der Waals surface area contributed by atoms with Crippen LogP contribution in [-0.2, 0) is 11.2 Å². The van der Waals surface area contributed by atoms with E-state index < -0.39 is 0 Å². The minimum atomic E-state index is -0.376. The highest BCUT2D eigenvalue weighted by Gasteiger charge is 2.22. The first kappa shape index (κ1) is 20.0. The third-order valence-corrected chi connectivity index (χ3v) is 4.85. The predicted molar refractivity (Wildman–Crippen MR) is 112 cm³/mol. The summed E-state index contributed by atoms with van der Waals surface area (Å²) < 4.78 is 18.7. The Morgan fingerprint density at radius 1 is 1.10 bits per heavy atom. The number of hydrogen-bond donors (Lipinski definition) is 1. The Bertz CT molecular complexity index is 1200. The average molecular weight is 443 g/mol. The molecule has 0 bridgehead atoms. The van der Waals surface area contributed by atoms with Crippen LogP contribution in [0.2, 0.25) is 10.0 Å². The second-order valence-electron chi connectivity index (χ2n) is 6.30. The van der Waals surface area contributed by atoms with Gasteiger partial charge < -0.3 is 4.52 Å². The lowest BCUT2D eigenvalue weighted by molar-refractivity contribution is -0.115. The van der Waals surface area contributed by atoms with Gasteiger partial charge in [0.2, 0.25) is 11.8 Å². The molecule has 6 nitrogen and oxygen atoms in total. The number of nitrogens with one attached hydrogen (secondary N) is 1. The molecule has 2 aromatic heterocycles. The summed E-state index contributed by atoms with van der Waals surface area (Å²) in [7, 11) is 0. The number of aromatic nitrogens is 3. The maximum Gasteiger partial charge on any atom is 0.241 e. The molecule has 0 spiro atoms. The van der Waals surface area contributed by atoms with E-state index in [0.717, 1.165) is 0 Å². The van der Waals surface area contributed by atoms with E-state index in [0.29, 0.717) is 38.1 Å². The summed E-state index contributed by atoms with van der Waals surface area (Å²) >= 11 is 12.1. The lowest BCUT2D eigenvalue weighted by atomic mass is 10.0. The molecule has 9 heteroatoms. The second-order valence-corrected chi connectivity index (χ2v) is 7.14. The summed E-state index contributed by atoms with van der Waals surface area (Å²) in [5.41, 5.74) is 2.58. The van der Waals surface area contributed by atoms with E-state index in [2.05, 4.69) is 20.4 Å². The van der Waals surface area contributed by atoms with Crippen molar-refractivity contribution in [1.82, 2.24) is 15.1 Å². The Kier molecular flexibility index (Phi) is 5.74. The van der Waals surface area contributed by atoms with E-state index in [1.165, 1.54) is 18.5 Å². The monoisotopic (exact) mass is 442 g/mol. The van der Waals surface area contributed by atoms with Gasteiger partial charge in [-0.25, -0.2) is 14.4 Å². The summed E-state index contributed by atoms with van der Waals surface area (Å²) in [6.07, 6.45) is 2.94. The molecule has 2 aromatic carbocycles. The van der Waals surface area contributed by atoms with Crippen molar-refractivity contribution in [2.75, 3.05) is 5.32 Å². The topological polar surface area (TPSA) is 80.9 Å². The molecule has 2 heterocycles. The van der Waals surface area contributed by atoms with Gasteiger partial charge in [-0.1, -0.05) is 34.4 Å². The maximum atomic E-state index is 13.3. The average Bonchev–Trinajstić information content (AvgIpc) is 3.14. The van der Waals surface area contributed by atoms with Crippen molar-refractivity contribution in [3.8, 4) is 22.5 Å². The molecule has 30 heavy (non-hydrogen) atoms. The fraction of sp³-hybridized carbons (Fsp3) is 0.0476. The zero-order chi connectivity index (χ0) is 21.1. The molecule has 1 N–H and O–H groups in total. The van der Waals surface area contributed by atoms with E-state index >= 15 is 0 Å². The molecule has 4 rings (SSSR count). The first-order valence-electron chi connectivity index (χ1n) is 8.77. The van der Waals surface area contributed by atoms with Crippen molar-refractivity contribution in [1.29, 1.82) is 0 Å². The van der Waals surface area contributed by atoms with Gasteiger partial charge in [0.1, 0.15) is 17.8 Å². The minimum Gasteiger partial charge on any atom is -0.337 e. The summed E-state index contributed by atoms with van der Waals surface area (Å²) in [4.78, 5) is 20.8. The molecule has 0 radical (unpaired) electrons. The SMILES string of the molecule is O=C(Cc1ccc(Cl)cc1Cl)Nc1onc(-c2ccc(F)cc2)c1-c1ccncn1. The Balaban J connectivity index is 1.67. The molecule has 0 fully saturated rings. The van der Waals surface area contributed by atoms with Crippen LogP contribution in [0.1, 0.15) is 5.56 Å². The largest absolute Gasteiger partial charge is 0.337 e. The van der Waals surface area contributed by atoms with Crippen LogP contribution in [0.5, 0.6) is 0 Å². The number of carbonyl (C=O) groups excluding carboxylic acids is 1. The van der Waals surface area contributed by atoms with Crippen LogP contribution in [0.25, 0.3) is 22.5 Å². The molecular weight excluding hydrogens is 430 g/mol. The third kappa shape index (κ3) is 4.32. The van der Waals surface area contributed by atoms with Gasteiger partial charge in [0.25, 0.3) is 0 Å². The van der Waals surface area contributed by atoms with Crippen LogP contribution >= 0.6 is 23.2 Å². The molecule has 0 atom stereocenters. The number of carbonyl (C=O) groups is 1. The van der Waals surface area contributed by atoms with Crippen molar-refractivity contribution >= 4 is 35.0 Å². The summed E-state index contributed by atoms with van der Waals surface area (Å²) in [6, 6.07) is 12.3. The normalized spacial score (nSPS) is 10.8. The molecule has 0 saturated heterocycles. The van der Waals surface area contributed by atoms with Gasteiger partial charge in [-0.05, 0) is 48.0 Å². The van der Waals surface area contributed by atoms with Gasteiger partial charge in [-0.3, -0.25) is 10.1 Å². The molecular formula is C21H13Cl2FN4O2. The number of benzene rings is 2. The van der Waals surface area contributed by atoms with Crippen LogP contribution in [0.3, 0.4) is 0 Å². The van der Waals surface area contributed by atoms with E-state index in [4.69, 9.17) is 27.7 Å². The number of halogens is 3. The highest BCUT2D eigenvalue weighted by molar-refractivity contribution is 6.35. The summed E-state index contributed by atoms with van der Waals surface area (Å²) in [5, 5.41) is 7.64. The minimum absolute atomic E-state index is 0.00575. The molecule has 0 aliphatic carbocycles. The highest BCUT2D eigenvalue weighted by atomic mass is 35.5. The van der Waals surface area contributed by atoms with Gasteiger partial charge >= 0.3 is 0 Å². The van der Waals surface area contributed by atoms with Gasteiger partial charge in [-0.2, -0.15) is 0 Å². The number of hydrogen-bond acceptors (Lipinski definition) is 5. The Labute approximate surface area is 180 Å². The molecule has 150 valence electrons. The molecule has 0 unspecified atom stereocenters. The van der Waals surface area contributed by atoms with Crippen LogP contribution in [-0.4, -0.2) is 21.0 Å². The van der Waals surface area contributed by atoms with Crippen LogP contribution in [0, 0.1) is 5.82 Å². The molecule has 0 saturated carbocycles. The number of anilines is 1. The smallest absolute Gasteiger partial charge is 0.241 e. The highest BCUT2D eigenvalue weighted by Crippen LogP contribution is 2.36. The summed E-state index contributed by atoms with van der Waals surface area (Å²) in [6.45, 7) is 0. The lowest BCUT2D eigenvalue weighted by Crippen LogP contribution is -2.14. The first-order valence-corrected chi connectivity index (χ1v) is 9.52. The van der Waals surface area contributed by atoms with Crippen molar-refractivity contribution < 1.29 is 13.7 Å². The molecule has 0 aliphatic rings. The van der Waals surface area contributed by atoms with Crippen LogP contribution < -0.4 is 5.32 Å². The second kappa shape index (κ2) is 8.61. The number of rotatable bonds is 5. The van der Waals surface area contributed by atoms with Crippen molar-refractivity contribution in [3.63, 3.8) is 0 Å². The standard InChI is InChI=1S/C21H13Cl2FN4O2/c22-14-4-1-13(16(23)10-14)9-18(29)27-21-19(17-7-8-25-11-26-17)20(28-30-21)12-2-5-15(24)6-3-12/h1-8,10-11H,9H2,(H,27,29). The zero-order valence-electron chi connectivity index (χ0n) is 15.3. The van der Waals surface area contributed by atoms with Gasteiger partial charge in [0, 0.05) is 21.8 Å². The Morgan fingerprint density at radius 2 is 1.90 bits per heavy atom.